The van der Waals surface area contributed by atoms with Gasteiger partial charge in [-0.2, -0.15) is 4.37 Å². The number of rotatable bonds is 1. The number of aromatic nitrogens is 2. The summed E-state index contributed by atoms with van der Waals surface area (Å²) in [5, 5.41) is 1.02. The first-order valence-electron chi connectivity index (χ1n) is 4.90. The molecule has 2 aromatic heterocycles. The SMILES string of the molecule is Nc1nsc2c(-c3cccnc3)cccc12. The quantitative estimate of drug-likeness (QED) is 0.695. The summed E-state index contributed by atoms with van der Waals surface area (Å²) in [6.45, 7) is 0. The standard InChI is InChI=1S/C12H9N3S/c13-12-10-5-1-4-9(11(10)16-15-12)8-3-2-6-14-7-8/h1-7H,(H2,13,15). The fourth-order valence-electron chi connectivity index (χ4n) is 1.73. The molecule has 3 rings (SSSR count). The highest BCUT2D eigenvalue weighted by Gasteiger charge is 2.08. The van der Waals surface area contributed by atoms with Crippen LogP contribution in [0, 0.1) is 0 Å². The molecule has 0 unspecified atom stereocenters. The molecule has 3 aromatic rings. The topological polar surface area (TPSA) is 51.8 Å². The summed E-state index contributed by atoms with van der Waals surface area (Å²) in [5.41, 5.74) is 8.04. The maximum Gasteiger partial charge on any atom is 0.145 e. The van der Waals surface area contributed by atoms with Gasteiger partial charge in [0.05, 0.1) is 4.70 Å². The monoisotopic (exact) mass is 227 g/mol. The Morgan fingerprint density at radius 3 is 2.88 bits per heavy atom. The van der Waals surface area contributed by atoms with Crippen molar-refractivity contribution in [2.45, 2.75) is 0 Å². The van der Waals surface area contributed by atoms with Gasteiger partial charge in [-0.1, -0.05) is 18.2 Å². The molecule has 0 fully saturated rings. The fourth-order valence-corrected chi connectivity index (χ4v) is 2.57. The van der Waals surface area contributed by atoms with Gasteiger partial charge in [-0.05, 0) is 23.7 Å². The molecule has 3 nitrogen and oxygen atoms in total. The summed E-state index contributed by atoms with van der Waals surface area (Å²) in [7, 11) is 0. The van der Waals surface area contributed by atoms with Gasteiger partial charge >= 0.3 is 0 Å². The smallest absolute Gasteiger partial charge is 0.145 e. The number of fused-ring (bicyclic) bond motifs is 1. The Morgan fingerprint density at radius 2 is 2.06 bits per heavy atom. The highest BCUT2D eigenvalue weighted by Crippen LogP contribution is 2.33. The summed E-state index contributed by atoms with van der Waals surface area (Å²) in [6, 6.07) is 10.0. The van der Waals surface area contributed by atoms with Crippen molar-refractivity contribution in [1.29, 1.82) is 0 Å². The largest absolute Gasteiger partial charge is 0.382 e. The number of hydrogen-bond acceptors (Lipinski definition) is 4. The molecule has 0 aliphatic heterocycles. The molecule has 0 bridgehead atoms. The lowest BCUT2D eigenvalue weighted by atomic mass is 10.1. The Kier molecular flexibility index (Phi) is 2.08. The van der Waals surface area contributed by atoms with Crippen LogP contribution in [0.1, 0.15) is 0 Å². The zero-order chi connectivity index (χ0) is 11.0. The average molecular weight is 227 g/mol. The van der Waals surface area contributed by atoms with Gasteiger partial charge in [0.15, 0.2) is 0 Å². The summed E-state index contributed by atoms with van der Waals surface area (Å²) < 4.78 is 5.30. The van der Waals surface area contributed by atoms with Gasteiger partial charge in [-0.3, -0.25) is 4.98 Å². The predicted octanol–water partition coefficient (Wildman–Crippen LogP) is 2.94. The lowest BCUT2D eigenvalue weighted by molar-refractivity contribution is 1.33. The Labute approximate surface area is 96.7 Å². The third-order valence-electron chi connectivity index (χ3n) is 2.50. The van der Waals surface area contributed by atoms with E-state index >= 15 is 0 Å². The molecule has 0 spiro atoms. The minimum absolute atomic E-state index is 0.603. The Bertz CT molecular complexity index is 631. The van der Waals surface area contributed by atoms with E-state index in [1.54, 1.807) is 6.20 Å². The molecule has 1 aromatic carbocycles. The lowest BCUT2D eigenvalue weighted by Crippen LogP contribution is -1.83. The Balaban J connectivity index is 2.32. The highest BCUT2D eigenvalue weighted by molar-refractivity contribution is 7.14. The molecule has 16 heavy (non-hydrogen) atoms. The molecule has 0 aliphatic carbocycles. The molecule has 2 N–H and O–H groups in total. The van der Waals surface area contributed by atoms with Crippen LogP contribution in [-0.2, 0) is 0 Å². The van der Waals surface area contributed by atoms with E-state index in [9.17, 15) is 0 Å². The average Bonchev–Trinajstić information content (AvgIpc) is 2.73. The van der Waals surface area contributed by atoms with Crippen molar-refractivity contribution >= 4 is 27.4 Å². The molecule has 0 atom stereocenters. The van der Waals surface area contributed by atoms with Crippen LogP contribution < -0.4 is 5.73 Å². The van der Waals surface area contributed by atoms with Gasteiger partial charge in [-0.25, -0.2) is 0 Å². The van der Waals surface area contributed by atoms with Crippen molar-refractivity contribution < 1.29 is 0 Å². The Hall–Kier alpha value is -1.94. The van der Waals surface area contributed by atoms with Gasteiger partial charge in [0.1, 0.15) is 5.82 Å². The number of benzene rings is 1. The van der Waals surface area contributed by atoms with E-state index in [2.05, 4.69) is 15.4 Å². The van der Waals surface area contributed by atoms with Gasteiger partial charge in [-0.15, -0.1) is 0 Å². The van der Waals surface area contributed by atoms with E-state index in [1.807, 2.05) is 30.5 Å². The fraction of sp³-hybridized carbons (Fsp3) is 0. The van der Waals surface area contributed by atoms with Crippen LogP contribution in [0.15, 0.2) is 42.7 Å². The van der Waals surface area contributed by atoms with Crippen LogP contribution in [0.4, 0.5) is 5.82 Å². The second kappa shape index (κ2) is 3.57. The first-order chi connectivity index (χ1) is 7.86. The van der Waals surface area contributed by atoms with Gasteiger partial charge in [0, 0.05) is 28.9 Å². The van der Waals surface area contributed by atoms with Crippen LogP contribution in [0.3, 0.4) is 0 Å². The second-order valence-electron chi connectivity index (χ2n) is 3.49. The van der Waals surface area contributed by atoms with Crippen LogP contribution in [0.5, 0.6) is 0 Å². The van der Waals surface area contributed by atoms with Gasteiger partial charge in [0.2, 0.25) is 0 Å². The van der Waals surface area contributed by atoms with Crippen LogP contribution >= 0.6 is 11.5 Å². The maximum absolute atomic E-state index is 5.81. The van der Waals surface area contributed by atoms with Crippen molar-refractivity contribution in [1.82, 2.24) is 9.36 Å². The van der Waals surface area contributed by atoms with Crippen molar-refractivity contribution in [2.75, 3.05) is 5.73 Å². The minimum Gasteiger partial charge on any atom is -0.382 e. The molecule has 2 heterocycles. The number of hydrogen-bond donors (Lipinski definition) is 1. The normalized spacial score (nSPS) is 10.8. The number of anilines is 1. The maximum atomic E-state index is 5.81. The minimum atomic E-state index is 0.603. The van der Waals surface area contributed by atoms with Crippen molar-refractivity contribution in [3.8, 4) is 11.1 Å². The molecule has 0 radical (unpaired) electrons. The predicted molar refractivity (Wildman–Crippen MR) is 67.3 cm³/mol. The van der Waals surface area contributed by atoms with Gasteiger partial charge < -0.3 is 5.73 Å². The van der Waals surface area contributed by atoms with E-state index in [0.29, 0.717) is 5.82 Å². The van der Waals surface area contributed by atoms with Crippen LogP contribution in [0.2, 0.25) is 0 Å². The van der Waals surface area contributed by atoms with Crippen LogP contribution in [0.25, 0.3) is 21.2 Å². The van der Waals surface area contributed by atoms with Crippen LogP contribution in [-0.4, -0.2) is 9.36 Å². The van der Waals surface area contributed by atoms with E-state index < -0.39 is 0 Å². The molecule has 78 valence electrons. The number of pyridine rings is 1. The summed E-state index contributed by atoms with van der Waals surface area (Å²) >= 11 is 1.43. The third kappa shape index (κ3) is 1.35. The third-order valence-corrected chi connectivity index (χ3v) is 3.41. The number of nitrogen functional groups attached to an aromatic ring is 1. The molecule has 4 heteroatoms. The molecule has 0 amide bonds. The molecule has 0 saturated heterocycles. The van der Waals surface area contributed by atoms with Gasteiger partial charge in [0.25, 0.3) is 0 Å². The van der Waals surface area contributed by atoms with Crippen molar-refractivity contribution in [3.63, 3.8) is 0 Å². The van der Waals surface area contributed by atoms with E-state index in [-0.39, 0.29) is 0 Å². The zero-order valence-electron chi connectivity index (χ0n) is 8.42. The van der Waals surface area contributed by atoms with E-state index in [0.717, 1.165) is 21.2 Å². The summed E-state index contributed by atoms with van der Waals surface area (Å²) in [4.78, 5) is 4.13. The zero-order valence-corrected chi connectivity index (χ0v) is 9.24. The first kappa shape index (κ1) is 9.30. The van der Waals surface area contributed by atoms with E-state index in [4.69, 9.17) is 5.73 Å². The Morgan fingerprint density at radius 1 is 1.12 bits per heavy atom. The summed E-state index contributed by atoms with van der Waals surface area (Å²) in [6.07, 6.45) is 3.62. The van der Waals surface area contributed by atoms with Crippen molar-refractivity contribution in [3.05, 3.63) is 42.7 Å². The highest BCUT2D eigenvalue weighted by atomic mass is 32.1. The molecular formula is C12H9N3S. The number of nitrogens with two attached hydrogens (primary N) is 1. The second-order valence-corrected chi connectivity index (χ2v) is 4.27. The number of nitrogens with zero attached hydrogens (tertiary/aromatic N) is 2. The molecular weight excluding hydrogens is 218 g/mol. The lowest BCUT2D eigenvalue weighted by Gasteiger charge is -2.01. The molecule has 0 saturated carbocycles. The van der Waals surface area contributed by atoms with Crippen molar-refractivity contribution in [2.24, 2.45) is 0 Å². The first-order valence-corrected chi connectivity index (χ1v) is 5.68. The summed E-state index contributed by atoms with van der Waals surface area (Å²) in [5.74, 6) is 0.603. The molecule has 0 aliphatic rings. The van der Waals surface area contributed by atoms with E-state index in [1.165, 1.54) is 11.5 Å².